The number of esters is 1. The van der Waals surface area contributed by atoms with Crippen molar-refractivity contribution in [3.63, 3.8) is 0 Å². The lowest BCUT2D eigenvalue weighted by Crippen LogP contribution is -2.50. The number of piperazine rings is 1. The number of amides is 1. The minimum Gasteiger partial charge on any atom is -0.452 e. The average Bonchev–Trinajstić information content (AvgIpc) is 2.77. The van der Waals surface area contributed by atoms with Gasteiger partial charge in [-0.25, -0.2) is 9.18 Å². The maximum Gasteiger partial charge on any atom is 0.339 e. The lowest BCUT2D eigenvalue weighted by atomic mass is 10.1. The predicted molar refractivity (Wildman–Crippen MR) is 110 cm³/mol. The van der Waals surface area contributed by atoms with Crippen LogP contribution in [0.3, 0.4) is 0 Å². The molecule has 1 saturated heterocycles. The second-order valence-corrected chi connectivity index (χ2v) is 6.99. The summed E-state index contributed by atoms with van der Waals surface area (Å²) in [6.07, 6.45) is 0. The van der Waals surface area contributed by atoms with Gasteiger partial charge in [0.05, 0.1) is 11.3 Å². The SMILES string of the molecule is O=C(OCC(=O)N1CCN(c2ccccc2F)CC1)c1cc(=O)[nH]c2ccccc12. The number of benzene rings is 2. The molecule has 0 saturated carbocycles. The van der Waals surface area contributed by atoms with Crippen LogP contribution >= 0.6 is 0 Å². The normalized spacial score (nSPS) is 14.0. The summed E-state index contributed by atoms with van der Waals surface area (Å²) in [4.78, 5) is 42.9. The molecule has 0 radical (unpaired) electrons. The lowest BCUT2D eigenvalue weighted by Gasteiger charge is -2.36. The van der Waals surface area contributed by atoms with Gasteiger partial charge in [0.2, 0.25) is 5.56 Å². The highest BCUT2D eigenvalue weighted by atomic mass is 19.1. The Hall–Kier alpha value is -3.68. The molecular formula is C22H20FN3O4. The molecule has 1 amide bonds. The molecule has 2 aromatic carbocycles. The van der Waals surface area contributed by atoms with Crippen LogP contribution in [0, 0.1) is 5.82 Å². The highest BCUT2D eigenvalue weighted by molar-refractivity contribution is 6.03. The lowest BCUT2D eigenvalue weighted by molar-refractivity contribution is -0.134. The standard InChI is InChI=1S/C22H20FN3O4/c23-17-6-2-4-8-19(17)25-9-11-26(12-10-25)21(28)14-30-22(29)16-13-20(27)24-18-7-3-1-5-15(16)18/h1-8,13H,9-12,14H2,(H,24,27). The van der Waals surface area contributed by atoms with E-state index in [1.54, 1.807) is 47.4 Å². The predicted octanol–water partition coefficient (Wildman–Crippen LogP) is 2.17. The van der Waals surface area contributed by atoms with Crippen LogP contribution in [0.15, 0.2) is 59.4 Å². The fourth-order valence-corrected chi connectivity index (χ4v) is 3.57. The highest BCUT2D eigenvalue weighted by Gasteiger charge is 2.24. The zero-order valence-electron chi connectivity index (χ0n) is 16.1. The van der Waals surface area contributed by atoms with Gasteiger partial charge >= 0.3 is 5.97 Å². The maximum absolute atomic E-state index is 13.9. The molecule has 3 aromatic rings. The minimum absolute atomic E-state index is 0.117. The molecule has 1 aromatic heterocycles. The third-order valence-electron chi connectivity index (χ3n) is 5.12. The largest absolute Gasteiger partial charge is 0.452 e. The maximum atomic E-state index is 13.9. The van der Waals surface area contributed by atoms with Crippen molar-refractivity contribution in [2.45, 2.75) is 0 Å². The number of pyridine rings is 1. The number of aromatic nitrogens is 1. The molecule has 7 nitrogen and oxygen atoms in total. The monoisotopic (exact) mass is 409 g/mol. The van der Waals surface area contributed by atoms with Crippen LogP contribution in [0.25, 0.3) is 10.9 Å². The molecule has 154 valence electrons. The molecule has 0 aliphatic carbocycles. The molecule has 0 atom stereocenters. The number of anilines is 1. The van der Waals surface area contributed by atoms with Gasteiger partial charge < -0.3 is 19.5 Å². The Bertz CT molecular complexity index is 1150. The van der Waals surface area contributed by atoms with Crippen LogP contribution in [0.1, 0.15) is 10.4 Å². The molecule has 4 rings (SSSR count). The van der Waals surface area contributed by atoms with Crippen molar-refractivity contribution in [3.05, 3.63) is 76.3 Å². The first-order valence-electron chi connectivity index (χ1n) is 9.59. The van der Waals surface area contributed by atoms with E-state index in [9.17, 15) is 18.8 Å². The van der Waals surface area contributed by atoms with Crippen LogP contribution in [0.4, 0.5) is 10.1 Å². The quantitative estimate of drug-likeness (QED) is 0.668. The van der Waals surface area contributed by atoms with Crippen molar-refractivity contribution in [1.82, 2.24) is 9.88 Å². The van der Waals surface area contributed by atoms with Crippen molar-refractivity contribution in [2.75, 3.05) is 37.7 Å². The van der Waals surface area contributed by atoms with E-state index in [0.29, 0.717) is 42.8 Å². The van der Waals surface area contributed by atoms with Gasteiger partial charge in [-0.15, -0.1) is 0 Å². The van der Waals surface area contributed by atoms with Gasteiger partial charge in [0.1, 0.15) is 5.82 Å². The summed E-state index contributed by atoms with van der Waals surface area (Å²) in [5.41, 5.74) is 0.729. The number of rotatable bonds is 4. The van der Waals surface area contributed by atoms with Gasteiger partial charge in [0.15, 0.2) is 6.61 Å². The average molecular weight is 409 g/mol. The number of halogens is 1. The number of H-pyrrole nitrogens is 1. The first kappa shape index (κ1) is 19.6. The molecular weight excluding hydrogens is 389 g/mol. The molecule has 1 N–H and O–H groups in total. The van der Waals surface area contributed by atoms with Crippen LogP contribution in [0.5, 0.6) is 0 Å². The fraction of sp³-hybridized carbons (Fsp3) is 0.227. The summed E-state index contributed by atoms with van der Waals surface area (Å²) in [7, 11) is 0. The third-order valence-corrected chi connectivity index (χ3v) is 5.12. The van der Waals surface area contributed by atoms with Crippen molar-refractivity contribution >= 4 is 28.5 Å². The second kappa shape index (κ2) is 8.36. The number of carbonyl (C=O) groups is 2. The van der Waals surface area contributed by atoms with E-state index in [1.807, 2.05) is 4.90 Å². The van der Waals surface area contributed by atoms with E-state index in [1.165, 1.54) is 12.1 Å². The number of hydrogen-bond donors (Lipinski definition) is 1. The van der Waals surface area contributed by atoms with E-state index >= 15 is 0 Å². The Balaban J connectivity index is 1.36. The number of carbonyl (C=O) groups excluding carboxylic acids is 2. The van der Waals surface area contributed by atoms with E-state index < -0.39 is 18.1 Å². The van der Waals surface area contributed by atoms with Gasteiger partial charge in [-0.05, 0) is 18.2 Å². The zero-order chi connectivity index (χ0) is 21.1. The molecule has 0 bridgehead atoms. The first-order valence-corrected chi connectivity index (χ1v) is 9.59. The van der Waals surface area contributed by atoms with Gasteiger partial charge in [-0.3, -0.25) is 9.59 Å². The molecule has 0 spiro atoms. The molecule has 30 heavy (non-hydrogen) atoms. The Morgan fingerprint density at radius 3 is 2.47 bits per heavy atom. The second-order valence-electron chi connectivity index (χ2n) is 6.99. The number of fused-ring (bicyclic) bond motifs is 1. The third kappa shape index (κ3) is 4.03. The number of aromatic amines is 1. The summed E-state index contributed by atoms with van der Waals surface area (Å²) in [5, 5.41) is 0.549. The highest BCUT2D eigenvalue weighted by Crippen LogP contribution is 2.20. The number of nitrogens with one attached hydrogen (secondary N) is 1. The van der Waals surface area contributed by atoms with Crippen LogP contribution in [0.2, 0.25) is 0 Å². The number of nitrogens with zero attached hydrogens (tertiary/aromatic N) is 2. The van der Waals surface area contributed by atoms with E-state index in [0.717, 1.165) is 0 Å². The molecule has 0 unspecified atom stereocenters. The van der Waals surface area contributed by atoms with E-state index in [2.05, 4.69) is 4.98 Å². The Morgan fingerprint density at radius 2 is 1.70 bits per heavy atom. The van der Waals surface area contributed by atoms with Crippen molar-refractivity contribution < 1.29 is 18.7 Å². The molecule has 1 aliphatic rings. The smallest absolute Gasteiger partial charge is 0.339 e. The van der Waals surface area contributed by atoms with Crippen LogP contribution in [-0.4, -0.2) is 54.5 Å². The summed E-state index contributed by atoms with van der Waals surface area (Å²) in [6, 6.07) is 14.6. The minimum atomic E-state index is -0.726. The van der Waals surface area contributed by atoms with Crippen molar-refractivity contribution in [2.24, 2.45) is 0 Å². The molecule has 1 aliphatic heterocycles. The van der Waals surface area contributed by atoms with Crippen LogP contribution < -0.4 is 10.5 Å². The van der Waals surface area contributed by atoms with Crippen LogP contribution in [-0.2, 0) is 9.53 Å². The Labute approximate surface area is 171 Å². The topological polar surface area (TPSA) is 82.7 Å². The molecule has 1 fully saturated rings. The van der Waals surface area contributed by atoms with E-state index in [4.69, 9.17) is 4.74 Å². The van der Waals surface area contributed by atoms with Gasteiger partial charge in [-0.1, -0.05) is 30.3 Å². The first-order chi connectivity index (χ1) is 14.5. The summed E-state index contributed by atoms with van der Waals surface area (Å²) < 4.78 is 19.1. The van der Waals surface area contributed by atoms with E-state index in [-0.39, 0.29) is 17.3 Å². The Kier molecular flexibility index (Phi) is 5.47. The van der Waals surface area contributed by atoms with Crippen molar-refractivity contribution in [3.8, 4) is 0 Å². The van der Waals surface area contributed by atoms with Crippen molar-refractivity contribution in [1.29, 1.82) is 0 Å². The Morgan fingerprint density at radius 1 is 1.00 bits per heavy atom. The molecule has 8 heteroatoms. The number of para-hydroxylation sites is 2. The number of hydrogen-bond acceptors (Lipinski definition) is 5. The summed E-state index contributed by atoms with van der Waals surface area (Å²) >= 11 is 0. The summed E-state index contributed by atoms with van der Waals surface area (Å²) in [6.45, 7) is 1.36. The van der Waals surface area contributed by atoms with Gasteiger partial charge in [0, 0.05) is 43.1 Å². The van der Waals surface area contributed by atoms with Gasteiger partial charge in [-0.2, -0.15) is 0 Å². The zero-order valence-corrected chi connectivity index (χ0v) is 16.1. The summed E-state index contributed by atoms with van der Waals surface area (Å²) in [5.74, 6) is -1.35. The van der Waals surface area contributed by atoms with Gasteiger partial charge in [0.25, 0.3) is 5.91 Å². The molecule has 2 heterocycles. The number of ether oxygens (including phenoxy) is 1. The fourth-order valence-electron chi connectivity index (χ4n) is 3.57.